The Morgan fingerprint density at radius 3 is 2.64 bits per heavy atom. The molecule has 0 unspecified atom stereocenters. The molecule has 66 valence electrons. The van der Waals surface area contributed by atoms with Crippen LogP contribution in [0.5, 0.6) is 0 Å². The van der Waals surface area contributed by atoms with E-state index in [1.807, 2.05) is 21.1 Å². The maximum absolute atomic E-state index is 10.3. The number of aliphatic hydroxyl groups is 1. The van der Waals surface area contributed by atoms with Crippen LogP contribution >= 0.6 is 0 Å². The predicted molar refractivity (Wildman–Crippen MR) is 38.5 cm³/mol. The smallest absolute Gasteiger partial charge is 0.211 e. The Kier molecular flexibility index (Phi) is 2.37. The van der Waals surface area contributed by atoms with E-state index in [-0.39, 0.29) is 6.54 Å². The molecule has 0 aromatic rings. The molecule has 0 bridgehead atoms. The van der Waals surface area contributed by atoms with Crippen LogP contribution < -0.4 is 5.11 Å². The summed E-state index contributed by atoms with van der Waals surface area (Å²) in [5.74, 6) is -1.51. The van der Waals surface area contributed by atoms with Gasteiger partial charge in [0.1, 0.15) is 12.6 Å². The van der Waals surface area contributed by atoms with Gasteiger partial charge in [-0.25, -0.2) is 0 Å². The number of quaternary nitrogens is 1. The molecule has 0 amide bonds. The fourth-order valence-electron chi connectivity index (χ4n) is 0.744. The van der Waals surface area contributed by atoms with Crippen LogP contribution in [0.4, 0.5) is 0 Å². The average Bonchev–Trinajstić information content (AvgIpc) is 1.97. The van der Waals surface area contributed by atoms with Gasteiger partial charge in [0.2, 0.25) is 1.43 Å². The van der Waals surface area contributed by atoms with Gasteiger partial charge in [0.25, 0.3) is 0 Å². The van der Waals surface area contributed by atoms with E-state index < -0.39 is 18.5 Å². The molecular weight excluding hydrogens is 146 g/mol. The van der Waals surface area contributed by atoms with E-state index in [1.54, 1.807) is 0 Å². The SMILES string of the molecule is [2H]O[C@@H](C[N+](C)(C)C)[C@@H]([2H])C(=O)[O-]. The second-order valence-electron chi connectivity index (χ2n) is 3.50. The zero-order chi connectivity index (χ0) is 10.6. The molecule has 0 saturated heterocycles. The first-order valence-electron chi connectivity index (χ1n) is 4.32. The summed E-state index contributed by atoms with van der Waals surface area (Å²) in [6, 6.07) is 0. The van der Waals surface area contributed by atoms with Gasteiger partial charge in [-0.15, -0.1) is 0 Å². The van der Waals surface area contributed by atoms with Crippen LogP contribution in [0.2, 0.25) is 0 Å². The molecule has 0 spiro atoms. The van der Waals surface area contributed by atoms with Gasteiger partial charge in [-0.3, -0.25) is 0 Å². The quantitative estimate of drug-likeness (QED) is 0.486. The molecule has 0 saturated carbocycles. The van der Waals surface area contributed by atoms with Crippen LogP contribution in [0, 0.1) is 0 Å². The number of rotatable bonds is 5. The summed E-state index contributed by atoms with van der Waals surface area (Å²) < 4.78 is 14.2. The standard InChI is InChI=1S/C7H15NO3/c1-8(2,3)5-6(9)4-7(10)11/h6,9H,4-5H2,1-3H3/t6-/m1/s1/i4D,9D/t4-,6-. The molecular formula is C7H15NO3. The molecule has 0 aliphatic rings. The molecule has 2 atom stereocenters. The zero-order valence-electron chi connectivity index (χ0n) is 9.03. The lowest BCUT2D eigenvalue weighted by atomic mass is 10.2. The summed E-state index contributed by atoms with van der Waals surface area (Å²) in [7, 11) is 5.48. The number of carboxylic acids is 1. The van der Waals surface area contributed by atoms with Crippen LogP contribution in [-0.2, 0) is 4.79 Å². The van der Waals surface area contributed by atoms with Crippen molar-refractivity contribution in [2.24, 2.45) is 0 Å². The molecule has 1 N–H and O–H groups in total. The molecule has 0 rings (SSSR count). The van der Waals surface area contributed by atoms with Gasteiger partial charge in [0.05, 0.1) is 21.1 Å². The Hall–Kier alpha value is -0.610. The van der Waals surface area contributed by atoms with Crippen molar-refractivity contribution in [3.05, 3.63) is 0 Å². The highest BCUT2D eigenvalue weighted by molar-refractivity contribution is 5.64. The topological polar surface area (TPSA) is 60.4 Å². The van der Waals surface area contributed by atoms with Crippen molar-refractivity contribution in [3.63, 3.8) is 0 Å². The number of hydrogen-bond acceptors (Lipinski definition) is 3. The molecule has 0 aromatic heterocycles. The number of nitrogens with zero attached hydrogens (tertiary/aromatic N) is 1. The van der Waals surface area contributed by atoms with Gasteiger partial charge in [0, 0.05) is 13.7 Å². The molecule has 0 radical (unpaired) electrons. The largest absolute Gasteiger partial charge is 0.550 e. The average molecular weight is 163 g/mol. The molecule has 0 fully saturated rings. The fourth-order valence-corrected chi connectivity index (χ4v) is 0.744. The number of likely N-dealkylation sites (N-methyl/N-ethyl adjacent to an activating group) is 1. The minimum absolute atomic E-state index is 0.283. The molecule has 4 nitrogen and oxygen atoms in total. The van der Waals surface area contributed by atoms with Crippen molar-refractivity contribution in [2.45, 2.75) is 12.5 Å². The van der Waals surface area contributed by atoms with E-state index in [0.29, 0.717) is 4.48 Å². The Bertz CT molecular complexity index is 181. The molecule has 4 heteroatoms. The maximum Gasteiger partial charge on any atom is 0.211 e. The Balaban J connectivity index is 4.26. The van der Waals surface area contributed by atoms with Crippen LogP contribution in [0.3, 0.4) is 0 Å². The number of carbonyl (C=O) groups is 1. The minimum atomic E-state index is -1.51. The lowest BCUT2D eigenvalue weighted by Gasteiger charge is -2.26. The van der Waals surface area contributed by atoms with Gasteiger partial charge < -0.3 is 19.5 Å². The summed E-state index contributed by atoms with van der Waals surface area (Å²) in [6.45, 7) is 0.283. The maximum atomic E-state index is 10.3. The second-order valence-corrected chi connectivity index (χ2v) is 3.50. The number of carboxylic acid groups (broad SMARTS) is 1. The van der Waals surface area contributed by atoms with Gasteiger partial charge in [0.15, 0.2) is 0 Å². The summed E-state index contributed by atoms with van der Waals surface area (Å²) in [5.41, 5.74) is 0. The fraction of sp³-hybridized carbons (Fsp3) is 0.857. The molecule has 0 heterocycles. The third kappa shape index (κ3) is 7.29. The number of aliphatic hydroxyl groups excluding tert-OH is 1. The highest BCUT2D eigenvalue weighted by Gasteiger charge is 2.14. The molecule has 0 aliphatic carbocycles. The van der Waals surface area contributed by atoms with Crippen LogP contribution in [0.25, 0.3) is 0 Å². The monoisotopic (exact) mass is 163 g/mol. The first-order chi connectivity index (χ1) is 5.78. The van der Waals surface area contributed by atoms with Crippen molar-refractivity contribution in [3.8, 4) is 0 Å². The lowest BCUT2D eigenvalue weighted by molar-refractivity contribution is -0.873. The minimum Gasteiger partial charge on any atom is -0.550 e. The van der Waals surface area contributed by atoms with Crippen molar-refractivity contribution in [2.75, 3.05) is 27.7 Å². The van der Waals surface area contributed by atoms with Crippen LogP contribution in [0.15, 0.2) is 0 Å². The van der Waals surface area contributed by atoms with E-state index in [1.165, 1.54) is 0 Å². The third-order valence-electron chi connectivity index (χ3n) is 1.05. The van der Waals surface area contributed by atoms with Crippen molar-refractivity contribution in [1.82, 2.24) is 0 Å². The predicted octanol–water partition coefficient (Wildman–Crippen LogP) is -1.81. The molecule has 11 heavy (non-hydrogen) atoms. The van der Waals surface area contributed by atoms with E-state index >= 15 is 0 Å². The van der Waals surface area contributed by atoms with Crippen molar-refractivity contribution >= 4 is 5.97 Å². The molecule has 0 aromatic carbocycles. The highest BCUT2D eigenvalue weighted by atomic mass is 16.4. The van der Waals surface area contributed by atoms with Crippen LogP contribution in [0.1, 0.15) is 7.77 Å². The summed E-state index contributed by atoms with van der Waals surface area (Å²) >= 11 is 0. The van der Waals surface area contributed by atoms with Gasteiger partial charge in [-0.05, 0) is 0 Å². The summed E-state index contributed by atoms with van der Waals surface area (Å²) in [5, 5.41) is 14.5. The zero-order valence-corrected chi connectivity index (χ0v) is 7.03. The van der Waals surface area contributed by atoms with E-state index in [0.717, 1.165) is 0 Å². The first-order valence-corrected chi connectivity index (χ1v) is 3.33. The van der Waals surface area contributed by atoms with E-state index in [9.17, 15) is 9.90 Å². The van der Waals surface area contributed by atoms with Gasteiger partial charge in [-0.1, -0.05) is 0 Å². The number of carbonyl (C=O) groups excluding carboxylic acids is 1. The van der Waals surface area contributed by atoms with Crippen molar-refractivity contribution in [1.29, 1.82) is 1.43 Å². The normalized spacial score (nSPS) is 19.9. The second kappa shape index (κ2) is 3.69. The Morgan fingerprint density at radius 2 is 2.36 bits per heavy atom. The van der Waals surface area contributed by atoms with E-state index in [2.05, 4.69) is 5.11 Å². The highest BCUT2D eigenvalue weighted by Crippen LogP contribution is 1.97. The van der Waals surface area contributed by atoms with Crippen LogP contribution in [-0.4, -0.2) is 50.8 Å². The van der Waals surface area contributed by atoms with E-state index in [4.69, 9.17) is 2.80 Å². The van der Waals surface area contributed by atoms with Crippen molar-refractivity contribution < 1.29 is 20.9 Å². The third-order valence-corrected chi connectivity index (χ3v) is 1.05. The summed E-state index contributed by atoms with van der Waals surface area (Å²) in [4.78, 5) is 10.3. The number of aliphatic carboxylic acids is 1. The van der Waals surface area contributed by atoms with Gasteiger partial charge >= 0.3 is 0 Å². The lowest BCUT2D eigenvalue weighted by Crippen LogP contribution is -2.43. The first kappa shape index (κ1) is 7.06. The van der Waals surface area contributed by atoms with Gasteiger partial charge in [-0.2, -0.15) is 0 Å². The number of hydrogen-bond donors (Lipinski definition) is 1. The Morgan fingerprint density at radius 1 is 1.82 bits per heavy atom. The summed E-state index contributed by atoms with van der Waals surface area (Å²) in [6.07, 6.45) is -2.46. The molecule has 0 aliphatic heterocycles. The Labute approximate surface area is 69.5 Å².